The summed E-state index contributed by atoms with van der Waals surface area (Å²) >= 11 is 0. The van der Waals surface area contributed by atoms with Crippen LogP contribution in [-0.4, -0.2) is 17.5 Å². The van der Waals surface area contributed by atoms with Gasteiger partial charge in [0.05, 0.1) is 5.39 Å². The van der Waals surface area contributed by atoms with E-state index in [2.05, 4.69) is 70.8 Å². The van der Waals surface area contributed by atoms with Crippen molar-refractivity contribution in [3.05, 3.63) is 37.3 Å². The number of hydrogen-bond acceptors (Lipinski definition) is 1. The first-order chi connectivity index (χ1) is 11.2. The summed E-state index contributed by atoms with van der Waals surface area (Å²) in [4.78, 5) is 4.47. The average molecular weight is 357 g/mol. The second-order valence-corrected chi connectivity index (χ2v) is 13.1. The van der Waals surface area contributed by atoms with Crippen LogP contribution in [0.5, 0.6) is 0 Å². The molecule has 0 aliphatic rings. The third kappa shape index (κ3) is 4.79. The molecule has 0 unspecified atom stereocenters. The zero-order valence-electron chi connectivity index (χ0n) is 17.4. The minimum absolute atomic E-state index is 0. The first-order valence-electron chi connectivity index (χ1n) is 9.16. The van der Waals surface area contributed by atoms with Crippen molar-refractivity contribution in [1.29, 1.82) is 0 Å². The maximum Gasteiger partial charge on any atom is 1.00 e. The molecule has 0 saturated heterocycles. The number of aromatic nitrogens is 2. The van der Waals surface area contributed by atoms with Gasteiger partial charge < -0.3 is 11.2 Å². The molecule has 0 radical (unpaired) electrons. The van der Waals surface area contributed by atoms with E-state index >= 15 is 0 Å². The number of halogens is 1. The molecule has 0 atom stereocenters. The van der Waals surface area contributed by atoms with Gasteiger partial charge in [0.15, 0.2) is 8.24 Å². The van der Waals surface area contributed by atoms with Crippen LogP contribution in [0, 0.1) is 12.7 Å². The van der Waals surface area contributed by atoms with Crippen LogP contribution < -0.4 is 18.9 Å². The Bertz CT molecular complexity index is 614. The summed E-state index contributed by atoms with van der Waals surface area (Å²) in [5.41, 5.74) is 2.53. The van der Waals surface area contributed by atoms with E-state index in [4.69, 9.17) is 0 Å². The quantitative estimate of drug-likeness (QED) is 0.588. The molecule has 0 aliphatic heterocycles. The number of rotatable bonds is 5. The molecule has 2 aromatic heterocycles. The van der Waals surface area contributed by atoms with Gasteiger partial charge in [0.1, 0.15) is 11.5 Å². The molecular formula is C20H34FLiN2Si. The Morgan fingerprint density at radius 1 is 1.08 bits per heavy atom. The van der Waals surface area contributed by atoms with Gasteiger partial charge in [-0.3, -0.25) is 0 Å². The Hall–Kier alpha value is -0.566. The molecule has 0 aliphatic carbocycles. The molecule has 2 nitrogen and oxygen atoms in total. The third-order valence-electron chi connectivity index (χ3n) is 5.08. The van der Waals surface area contributed by atoms with Crippen molar-refractivity contribution in [2.45, 2.75) is 77.9 Å². The van der Waals surface area contributed by atoms with E-state index in [1.54, 1.807) is 6.20 Å². The molecule has 0 fully saturated rings. The molecule has 0 aromatic carbocycles. The minimum Gasteiger partial charge on any atom is -0.358 e. The van der Waals surface area contributed by atoms with Crippen molar-refractivity contribution < 1.29 is 23.3 Å². The maximum absolute atomic E-state index is 14.0. The zero-order chi connectivity index (χ0) is 18.5. The van der Waals surface area contributed by atoms with Crippen molar-refractivity contribution in [2.24, 2.45) is 0 Å². The van der Waals surface area contributed by atoms with E-state index in [9.17, 15) is 4.39 Å². The van der Waals surface area contributed by atoms with Gasteiger partial charge in [0, 0.05) is 6.20 Å². The summed E-state index contributed by atoms with van der Waals surface area (Å²) < 4.78 is 16.3. The van der Waals surface area contributed by atoms with Crippen LogP contribution in [0.3, 0.4) is 0 Å². The van der Waals surface area contributed by atoms with Crippen LogP contribution in [0.25, 0.3) is 11.0 Å². The fourth-order valence-electron chi connectivity index (χ4n) is 4.15. The van der Waals surface area contributed by atoms with Crippen molar-refractivity contribution in [3.63, 3.8) is 0 Å². The van der Waals surface area contributed by atoms with E-state index in [0.29, 0.717) is 22.0 Å². The van der Waals surface area contributed by atoms with Crippen LogP contribution in [0.4, 0.5) is 4.39 Å². The summed E-state index contributed by atoms with van der Waals surface area (Å²) in [6.45, 7) is 19.5. The Morgan fingerprint density at radius 2 is 1.56 bits per heavy atom. The normalized spacial score (nSPS) is 11.7. The summed E-state index contributed by atoms with van der Waals surface area (Å²) in [5.74, 6) is -0.173. The van der Waals surface area contributed by atoms with Crippen molar-refractivity contribution in [1.82, 2.24) is 9.22 Å². The van der Waals surface area contributed by atoms with Crippen LogP contribution in [0.15, 0.2) is 24.5 Å². The van der Waals surface area contributed by atoms with Gasteiger partial charge in [0.25, 0.3) is 0 Å². The summed E-state index contributed by atoms with van der Waals surface area (Å²) in [5, 5.41) is 0.645. The van der Waals surface area contributed by atoms with Crippen LogP contribution in [-0.2, 0) is 0 Å². The van der Waals surface area contributed by atoms with Gasteiger partial charge in [-0.1, -0.05) is 54.9 Å². The molecule has 0 saturated carbocycles. The number of nitrogens with zero attached hydrogens (tertiary/aromatic N) is 2. The van der Waals surface area contributed by atoms with E-state index in [0.717, 1.165) is 12.1 Å². The predicted octanol–water partition coefficient (Wildman–Crippen LogP) is 3.82. The Balaban J connectivity index is 0.00000104. The van der Waals surface area contributed by atoms with Gasteiger partial charge in [0.2, 0.25) is 0 Å². The number of hydrogen-bond donors (Lipinski definition) is 0. The smallest absolute Gasteiger partial charge is 0.358 e. The van der Waals surface area contributed by atoms with E-state index < -0.39 is 8.24 Å². The SMILES string of the molecule is CC(C)[Si](C(C)C)(C(C)C)n1ccc2c(F)ccnc21.[CH2-]CCC.[Li+]. The maximum atomic E-state index is 14.0. The molecule has 0 amide bonds. The monoisotopic (exact) mass is 356 g/mol. The van der Waals surface area contributed by atoms with Gasteiger partial charge in [-0.05, 0) is 35.0 Å². The van der Waals surface area contributed by atoms with E-state index in [1.807, 2.05) is 6.07 Å². The molecule has 2 rings (SSSR count). The van der Waals surface area contributed by atoms with Crippen molar-refractivity contribution in [2.75, 3.05) is 0 Å². The molecule has 136 valence electrons. The number of fused-ring (bicyclic) bond motifs is 1. The minimum atomic E-state index is -1.85. The molecule has 25 heavy (non-hydrogen) atoms. The van der Waals surface area contributed by atoms with E-state index in [1.165, 1.54) is 12.5 Å². The predicted molar refractivity (Wildman–Crippen MR) is 106 cm³/mol. The molecule has 5 heteroatoms. The first kappa shape index (κ1) is 24.4. The Kier molecular flexibility index (Phi) is 10.3. The topological polar surface area (TPSA) is 17.8 Å². The van der Waals surface area contributed by atoms with Gasteiger partial charge >= 0.3 is 18.9 Å². The molecule has 0 bridgehead atoms. The summed E-state index contributed by atoms with van der Waals surface area (Å²) in [6, 6.07) is 3.32. The average Bonchev–Trinajstić information content (AvgIpc) is 2.93. The Morgan fingerprint density at radius 3 is 1.96 bits per heavy atom. The van der Waals surface area contributed by atoms with Gasteiger partial charge in [-0.2, -0.15) is 6.42 Å². The summed E-state index contributed by atoms with van der Waals surface area (Å²) in [6.07, 6.45) is 5.92. The van der Waals surface area contributed by atoms with Gasteiger partial charge in [-0.25, -0.2) is 9.37 Å². The fourth-order valence-corrected chi connectivity index (χ4v) is 10.7. The van der Waals surface area contributed by atoms with Crippen LogP contribution >= 0.6 is 0 Å². The van der Waals surface area contributed by atoms with Crippen molar-refractivity contribution in [3.8, 4) is 0 Å². The second kappa shape index (κ2) is 10.6. The zero-order valence-corrected chi connectivity index (χ0v) is 18.4. The number of pyridine rings is 1. The van der Waals surface area contributed by atoms with Crippen molar-refractivity contribution >= 4 is 19.3 Å². The fraction of sp³-hybridized carbons (Fsp3) is 0.600. The standard InChI is InChI=1S/C16H25FN2Si.C4H9.Li/c1-11(2)20(12(3)4,13(5)6)19-10-8-14-15(17)7-9-18-16(14)19;1-3-4-2;/h7-13H,1-6H3;1,3-4H2,2H3;/q;-1;+1. The molecule has 0 spiro atoms. The van der Waals surface area contributed by atoms with Crippen LogP contribution in [0.2, 0.25) is 16.6 Å². The third-order valence-corrected chi connectivity index (χ3v) is 11.8. The molecular weight excluding hydrogens is 322 g/mol. The molecule has 2 aromatic rings. The summed E-state index contributed by atoms with van der Waals surface area (Å²) in [7, 11) is -1.85. The van der Waals surface area contributed by atoms with Gasteiger partial charge in [-0.15, -0.1) is 0 Å². The molecule has 0 N–H and O–H groups in total. The largest absolute Gasteiger partial charge is 1.00 e. The molecule has 2 heterocycles. The Labute approximate surface area is 166 Å². The second-order valence-electron chi connectivity index (χ2n) is 7.42. The van der Waals surface area contributed by atoms with E-state index in [-0.39, 0.29) is 24.7 Å². The number of unbranched alkanes of at least 4 members (excludes halogenated alkanes) is 1. The van der Waals surface area contributed by atoms with Crippen LogP contribution in [0.1, 0.15) is 61.3 Å². The first-order valence-corrected chi connectivity index (χ1v) is 11.3.